The molecule has 0 aliphatic rings. The molecule has 0 amide bonds. The molecule has 0 bridgehead atoms. The Morgan fingerprint density at radius 1 is 0.615 bits per heavy atom. The monoisotopic (exact) mass is 337 g/mol. The first-order valence-corrected chi connectivity index (χ1v) is 8.63. The summed E-state index contributed by atoms with van der Waals surface area (Å²) in [7, 11) is 0. The van der Waals surface area contributed by atoms with Gasteiger partial charge in [-0.3, -0.25) is 9.97 Å². The van der Waals surface area contributed by atoms with Gasteiger partial charge in [0, 0.05) is 12.4 Å². The van der Waals surface area contributed by atoms with Crippen molar-refractivity contribution in [3.63, 3.8) is 0 Å². The first-order valence-electron chi connectivity index (χ1n) is 8.63. The molecule has 126 valence electrons. The van der Waals surface area contributed by atoms with E-state index in [0.29, 0.717) is 0 Å². The van der Waals surface area contributed by atoms with Gasteiger partial charge in [0.1, 0.15) is 0 Å². The van der Waals surface area contributed by atoms with Gasteiger partial charge < -0.3 is 0 Å². The van der Waals surface area contributed by atoms with Crippen LogP contribution in [0.4, 0.5) is 0 Å². The number of benzene rings is 1. The second-order valence-electron chi connectivity index (χ2n) is 6.37. The van der Waals surface area contributed by atoms with Crippen molar-refractivity contribution in [2.45, 2.75) is 13.8 Å². The average Bonchev–Trinajstić information content (AvgIpc) is 2.69. The van der Waals surface area contributed by atoms with Gasteiger partial charge >= 0.3 is 0 Å². The van der Waals surface area contributed by atoms with Crippen LogP contribution in [0.25, 0.3) is 33.9 Å². The summed E-state index contributed by atoms with van der Waals surface area (Å²) in [5, 5.41) is 0. The lowest BCUT2D eigenvalue weighted by Gasteiger charge is -2.11. The minimum atomic E-state index is 0.851. The average molecular weight is 337 g/mol. The number of rotatable bonds is 3. The highest BCUT2D eigenvalue weighted by Gasteiger charge is 2.11. The first kappa shape index (κ1) is 16.2. The zero-order chi connectivity index (χ0) is 17.9. The standard InChI is InChI=1S/C23H19N3/c1-16-9-10-19(17(2)13-16)18-14-22(20-7-3-5-11-24-20)26-23(15-18)21-8-4-6-12-25-21/h3-15H,1-2H3. The maximum Gasteiger partial charge on any atom is 0.0900 e. The minimum absolute atomic E-state index is 0.851. The summed E-state index contributed by atoms with van der Waals surface area (Å²) in [6, 6.07) is 22.5. The van der Waals surface area contributed by atoms with Gasteiger partial charge in [-0.25, -0.2) is 4.98 Å². The van der Waals surface area contributed by atoms with Crippen molar-refractivity contribution in [3.05, 3.63) is 90.3 Å². The summed E-state index contributed by atoms with van der Waals surface area (Å²) in [5.74, 6) is 0. The zero-order valence-corrected chi connectivity index (χ0v) is 14.8. The molecule has 4 rings (SSSR count). The quantitative estimate of drug-likeness (QED) is 0.496. The Balaban J connectivity index is 1.94. The van der Waals surface area contributed by atoms with Gasteiger partial charge in [0.2, 0.25) is 0 Å². The third-order valence-electron chi connectivity index (χ3n) is 4.37. The first-order chi connectivity index (χ1) is 12.7. The van der Waals surface area contributed by atoms with E-state index in [2.05, 4.69) is 54.1 Å². The van der Waals surface area contributed by atoms with E-state index in [1.165, 1.54) is 16.7 Å². The van der Waals surface area contributed by atoms with Gasteiger partial charge in [0.25, 0.3) is 0 Å². The van der Waals surface area contributed by atoms with Crippen molar-refractivity contribution in [1.29, 1.82) is 0 Å². The molecule has 0 fully saturated rings. The van der Waals surface area contributed by atoms with Crippen LogP contribution in [0.3, 0.4) is 0 Å². The minimum Gasteiger partial charge on any atom is -0.255 e. The zero-order valence-electron chi connectivity index (χ0n) is 14.8. The lowest BCUT2D eigenvalue weighted by atomic mass is 9.97. The Morgan fingerprint density at radius 2 is 1.23 bits per heavy atom. The summed E-state index contributed by atoms with van der Waals surface area (Å²) in [6.07, 6.45) is 3.59. The third-order valence-corrected chi connectivity index (χ3v) is 4.37. The molecule has 0 spiro atoms. The molecule has 4 aromatic rings. The summed E-state index contributed by atoms with van der Waals surface area (Å²) in [5.41, 5.74) is 8.25. The van der Waals surface area contributed by atoms with E-state index < -0.39 is 0 Å². The smallest absolute Gasteiger partial charge is 0.0900 e. The molecule has 0 aliphatic carbocycles. The van der Waals surface area contributed by atoms with Crippen LogP contribution in [0.2, 0.25) is 0 Å². The maximum absolute atomic E-state index is 4.82. The van der Waals surface area contributed by atoms with Crippen molar-refractivity contribution >= 4 is 0 Å². The van der Waals surface area contributed by atoms with Crippen LogP contribution in [0, 0.1) is 13.8 Å². The van der Waals surface area contributed by atoms with Crippen LogP contribution in [-0.4, -0.2) is 15.0 Å². The SMILES string of the molecule is Cc1ccc(-c2cc(-c3ccccn3)nc(-c3ccccn3)c2)c(C)c1. The molecule has 0 radical (unpaired) electrons. The number of hydrogen-bond donors (Lipinski definition) is 0. The molecule has 0 aliphatic heterocycles. The predicted molar refractivity (Wildman–Crippen MR) is 106 cm³/mol. The van der Waals surface area contributed by atoms with Gasteiger partial charge in [-0.1, -0.05) is 35.9 Å². The number of aryl methyl sites for hydroxylation is 2. The molecule has 3 heteroatoms. The Hall–Kier alpha value is -3.33. The largest absolute Gasteiger partial charge is 0.255 e. The normalized spacial score (nSPS) is 10.7. The Morgan fingerprint density at radius 3 is 1.73 bits per heavy atom. The molecule has 0 saturated carbocycles. The summed E-state index contributed by atoms with van der Waals surface area (Å²) in [4.78, 5) is 13.8. The van der Waals surface area contributed by atoms with Gasteiger partial charge in [-0.15, -0.1) is 0 Å². The van der Waals surface area contributed by atoms with E-state index in [1.807, 2.05) is 36.4 Å². The number of aromatic nitrogens is 3. The Labute approximate surface area is 153 Å². The van der Waals surface area contributed by atoms with Gasteiger partial charge in [0.15, 0.2) is 0 Å². The van der Waals surface area contributed by atoms with E-state index >= 15 is 0 Å². The Kier molecular flexibility index (Phi) is 4.28. The van der Waals surface area contributed by atoms with Gasteiger partial charge in [0.05, 0.1) is 22.8 Å². The van der Waals surface area contributed by atoms with Gasteiger partial charge in [-0.2, -0.15) is 0 Å². The predicted octanol–water partition coefficient (Wildman–Crippen LogP) is 5.49. The molecular weight excluding hydrogens is 318 g/mol. The van der Waals surface area contributed by atoms with Crippen LogP contribution in [0.5, 0.6) is 0 Å². The van der Waals surface area contributed by atoms with E-state index in [0.717, 1.165) is 28.3 Å². The summed E-state index contributed by atoms with van der Waals surface area (Å²) >= 11 is 0. The molecule has 3 aromatic heterocycles. The fourth-order valence-corrected chi connectivity index (χ4v) is 3.11. The highest BCUT2D eigenvalue weighted by atomic mass is 14.8. The van der Waals surface area contributed by atoms with Crippen LogP contribution in [0.1, 0.15) is 11.1 Å². The van der Waals surface area contributed by atoms with Crippen molar-refractivity contribution in [2.75, 3.05) is 0 Å². The number of pyridine rings is 3. The second kappa shape index (κ2) is 6.89. The highest BCUT2D eigenvalue weighted by Crippen LogP contribution is 2.30. The molecule has 26 heavy (non-hydrogen) atoms. The fraction of sp³-hybridized carbons (Fsp3) is 0.0870. The maximum atomic E-state index is 4.82. The molecule has 0 atom stereocenters. The van der Waals surface area contributed by atoms with Crippen LogP contribution in [0.15, 0.2) is 79.1 Å². The highest BCUT2D eigenvalue weighted by molar-refractivity contribution is 5.76. The van der Waals surface area contributed by atoms with Crippen molar-refractivity contribution in [2.24, 2.45) is 0 Å². The van der Waals surface area contributed by atoms with Crippen molar-refractivity contribution in [1.82, 2.24) is 15.0 Å². The molecule has 1 aromatic carbocycles. The summed E-state index contributed by atoms with van der Waals surface area (Å²) in [6.45, 7) is 4.26. The molecule has 0 unspecified atom stereocenters. The van der Waals surface area contributed by atoms with Crippen LogP contribution in [-0.2, 0) is 0 Å². The van der Waals surface area contributed by atoms with E-state index in [1.54, 1.807) is 12.4 Å². The number of hydrogen-bond acceptors (Lipinski definition) is 3. The molecule has 0 saturated heterocycles. The van der Waals surface area contributed by atoms with Crippen molar-refractivity contribution in [3.8, 4) is 33.9 Å². The molecule has 3 nitrogen and oxygen atoms in total. The van der Waals surface area contributed by atoms with Crippen LogP contribution < -0.4 is 0 Å². The topological polar surface area (TPSA) is 38.7 Å². The lowest BCUT2D eigenvalue weighted by Crippen LogP contribution is -1.94. The lowest BCUT2D eigenvalue weighted by molar-refractivity contribution is 1.22. The Bertz CT molecular complexity index is 984. The van der Waals surface area contributed by atoms with Gasteiger partial charge in [-0.05, 0) is 66.9 Å². The molecule has 0 N–H and O–H groups in total. The van der Waals surface area contributed by atoms with Crippen LogP contribution >= 0.6 is 0 Å². The number of nitrogens with zero attached hydrogens (tertiary/aromatic N) is 3. The summed E-state index contributed by atoms with van der Waals surface area (Å²) < 4.78 is 0. The van der Waals surface area contributed by atoms with E-state index in [4.69, 9.17) is 4.98 Å². The van der Waals surface area contributed by atoms with Crippen molar-refractivity contribution < 1.29 is 0 Å². The second-order valence-corrected chi connectivity index (χ2v) is 6.37. The fourth-order valence-electron chi connectivity index (χ4n) is 3.11. The molecule has 3 heterocycles. The van der Waals surface area contributed by atoms with E-state index in [-0.39, 0.29) is 0 Å². The molecular formula is C23H19N3. The van der Waals surface area contributed by atoms with E-state index in [9.17, 15) is 0 Å². The third kappa shape index (κ3) is 3.24.